The average molecular weight is 291 g/mol. The summed E-state index contributed by atoms with van der Waals surface area (Å²) in [6, 6.07) is 4.11. The second-order valence-corrected chi connectivity index (χ2v) is 5.96. The molecule has 4 nitrogen and oxygen atoms in total. The van der Waals surface area contributed by atoms with Crippen LogP contribution in [0.3, 0.4) is 0 Å². The van der Waals surface area contributed by atoms with Crippen molar-refractivity contribution in [3.63, 3.8) is 0 Å². The van der Waals surface area contributed by atoms with E-state index in [0.29, 0.717) is 5.69 Å². The molecular formula is C15H21N3OS. The van der Waals surface area contributed by atoms with Gasteiger partial charge in [0.05, 0.1) is 5.69 Å². The molecule has 0 radical (unpaired) electrons. The number of nitrogens with zero attached hydrogens (tertiary/aromatic N) is 3. The Morgan fingerprint density at radius 2 is 2.15 bits per heavy atom. The van der Waals surface area contributed by atoms with Gasteiger partial charge < -0.3 is 0 Å². The van der Waals surface area contributed by atoms with Gasteiger partial charge in [-0.15, -0.1) is 16.4 Å². The number of hydrogen-bond donors (Lipinski definition) is 0. The van der Waals surface area contributed by atoms with Crippen LogP contribution in [0, 0.1) is 0 Å². The number of hydrogen-bond acceptors (Lipinski definition) is 4. The first-order valence-corrected chi connectivity index (χ1v) is 8.13. The molecule has 0 spiro atoms. The van der Waals surface area contributed by atoms with Crippen molar-refractivity contribution in [2.45, 2.75) is 52.0 Å². The van der Waals surface area contributed by atoms with E-state index < -0.39 is 0 Å². The van der Waals surface area contributed by atoms with E-state index in [2.05, 4.69) is 28.7 Å². The fourth-order valence-corrected chi connectivity index (χ4v) is 2.95. The van der Waals surface area contributed by atoms with Gasteiger partial charge in [0.1, 0.15) is 5.69 Å². The van der Waals surface area contributed by atoms with Gasteiger partial charge in [-0.2, -0.15) is 0 Å². The van der Waals surface area contributed by atoms with Gasteiger partial charge in [-0.3, -0.25) is 4.79 Å². The van der Waals surface area contributed by atoms with E-state index in [9.17, 15) is 4.79 Å². The van der Waals surface area contributed by atoms with Crippen molar-refractivity contribution in [3.8, 4) is 0 Å². The molecule has 5 heteroatoms. The highest BCUT2D eigenvalue weighted by molar-refractivity contribution is 7.09. The number of unbranched alkanes of at least 4 members (excludes halogenated alkanes) is 4. The number of carbonyl (C=O) groups excluding carboxylic acids is 1. The summed E-state index contributed by atoms with van der Waals surface area (Å²) in [7, 11) is 0. The Morgan fingerprint density at radius 1 is 1.30 bits per heavy atom. The molecule has 0 aliphatic carbocycles. The van der Waals surface area contributed by atoms with Crippen molar-refractivity contribution in [2.24, 2.45) is 0 Å². The Balaban J connectivity index is 1.97. The number of thiophene rings is 1. The zero-order valence-corrected chi connectivity index (χ0v) is 12.7. The summed E-state index contributed by atoms with van der Waals surface area (Å²) in [5, 5.41) is 10.2. The third-order valence-electron chi connectivity index (χ3n) is 3.37. The van der Waals surface area contributed by atoms with E-state index in [1.54, 1.807) is 11.3 Å². The number of aromatic nitrogens is 3. The van der Waals surface area contributed by atoms with E-state index >= 15 is 0 Å². The van der Waals surface area contributed by atoms with Gasteiger partial charge in [0.2, 0.25) is 0 Å². The molecule has 0 saturated carbocycles. The normalized spacial score (nSPS) is 10.8. The Kier molecular flexibility index (Phi) is 5.92. The van der Waals surface area contributed by atoms with Crippen LogP contribution < -0.4 is 0 Å². The molecule has 2 rings (SSSR count). The van der Waals surface area contributed by atoms with Gasteiger partial charge in [0.15, 0.2) is 6.29 Å². The second kappa shape index (κ2) is 7.94. The molecule has 2 aromatic rings. The largest absolute Gasteiger partial charge is 0.296 e. The molecule has 0 fully saturated rings. The maximum absolute atomic E-state index is 11.1. The molecular weight excluding hydrogens is 270 g/mol. The highest BCUT2D eigenvalue weighted by atomic mass is 32.1. The number of aryl methyl sites for hydroxylation is 1. The molecule has 0 aliphatic rings. The fraction of sp³-hybridized carbons (Fsp3) is 0.533. The summed E-state index contributed by atoms with van der Waals surface area (Å²) in [6.07, 6.45) is 7.67. The summed E-state index contributed by atoms with van der Waals surface area (Å²) in [4.78, 5) is 12.3. The highest BCUT2D eigenvalue weighted by Crippen LogP contribution is 2.17. The lowest BCUT2D eigenvalue weighted by Gasteiger charge is -2.06. The number of carbonyl (C=O) groups is 1. The van der Waals surface area contributed by atoms with Gasteiger partial charge in [0, 0.05) is 17.8 Å². The molecule has 2 aromatic heterocycles. The van der Waals surface area contributed by atoms with Crippen LogP contribution in [-0.2, 0) is 13.0 Å². The number of rotatable bonds is 9. The minimum atomic E-state index is 0.479. The minimum absolute atomic E-state index is 0.479. The van der Waals surface area contributed by atoms with Crippen LogP contribution in [-0.4, -0.2) is 21.3 Å². The molecule has 0 saturated heterocycles. The topological polar surface area (TPSA) is 47.8 Å². The lowest BCUT2D eigenvalue weighted by atomic mass is 10.1. The summed E-state index contributed by atoms with van der Waals surface area (Å²) < 4.78 is 1.90. The Labute approximate surface area is 123 Å². The lowest BCUT2D eigenvalue weighted by molar-refractivity contribution is 0.111. The van der Waals surface area contributed by atoms with Crippen molar-refractivity contribution in [2.75, 3.05) is 0 Å². The quantitative estimate of drug-likeness (QED) is 0.522. The van der Waals surface area contributed by atoms with Crippen LogP contribution in [0.15, 0.2) is 17.5 Å². The summed E-state index contributed by atoms with van der Waals surface area (Å²) in [5.74, 6) is 0. The third kappa shape index (κ3) is 4.00. The molecule has 0 atom stereocenters. The van der Waals surface area contributed by atoms with Crippen LogP contribution in [0.1, 0.15) is 60.1 Å². The molecule has 2 heterocycles. The SMILES string of the molecule is CCCCCCCn1nnc(C=O)c1Cc1cccs1. The van der Waals surface area contributed by atoms with Crippen molar-refractivity contribution in [3.05, 3.63) is 33.8 Å². The van der Waals surface area contributed by atoms with Crippen molar-refractivity contribution >= 4 is 17.6 Å². The van der Waals surface area contributed by atoms with Crippen molar-refractivity contribution < 1.29 is 4.79 Å². The maximum atomic E-state index is 11.1. The van der Waals surface area contributed by atoms with Gasteiger partial charge >= 0.3 is 0 Å². The molecule has 108 valence electrons. The highest BCUT2D eigenvalue weighted by Gasteiger charge is 2.13. The van der Waals surface area contributed by atoms with Crippen molar-refractivity contribution in [1.29, 1.82) is 0 Å². The van der Waals surface area contributed by atoms with E-state index in [4.69, 9.17) is 0 Å². The molecule has 0 aliphatic heterocycles. The Hall–Kier alpha value is -1.49. The lowest BCUT2D eigenvalue weighted by Crippen LogP contribution is -2.06. The predicted octanol–water partition coefficient (Wildman–Crippen LogP) is 3.71. The smallest absolute Gasteiger partial charge is 0.172 e. The molecule has 0 unspecified atom stereocenters. The average Bonchev–Trinajstić information content (AvgIpc) is 3.09. The van der Waals surface area contributed by atoms with Gasteiger partial charge in [-0.05, 0) is 17.9 Å². The molecule has 0 amide bonds. The van der Waals surface area contributed by atoms with E-state index in [-0.39, 0.29) is 0 Å². The van der Waals surface area contributed by atoms with Crippen LogP contribution in [0.4, 0.5) is 0 Å². The van der Waals surface area contributed by atoms with Crippen LogP contribution >= 0.6 is 11.3 Å². The van der Waals surface area contributed by atoms with Crippen LogP contribution in [0.2, 0.25) is 0 Å². The molecule has 20 heavy (non-hydrogen) atoms. The monoisotopic (exact) mass is 291 g/mol. The molecule has 0 N–H and O–H groups in total. The number of aldehydes is 1. The second-order valence-electron chi connectivity index (χ2n) is 4.93. The maximum Gasteiger partial charge on any atom is 0.172 e. The van der Waals surface area contributed by atoms with Crippen molar-refractivity contribution in [1.82, 2.24) is 15.0 Å². The Bertz CT molecular complexity index is 519. The molecule has 0 bridgehead atoms. The van der Waals surface area contributed by atoms with Crippen LogP contribution in [0.25, 0.3) is 0 Å². The Morgan fingerprint density at radius 3 is 2.85 bits per heavy atom. The first-order chi connectivity index (χ1) is 9.85. The van der Waals surface area contributed by atoms with Gasteiger partial charge in [0.25, 0.3) is 0 Å². The third-order valence-corrected chi connectivity index (χ3v) is 4.25. The first-order valence-electron chi connectivity index (χ1n) is 7.25. The van der Waals surface area contributed by atoms with E-state index in [1.165, 1.54) is 30.6 Å². The van der Waals surface area contributed by atoms with Gasteiger partial charge in [-0.25, -0.2) is 4.68 Å². The van der Waals surface area contributed by atoms with Crippen LogP contribution in [0.5, 0.6) is 0 Å². The van der Waals surface area contributed by atoms with Gasteiger partial charge in [-0.1, -0.05) is 43.9 Å². The molecule has 0 aromatic carbocycles. The fourth-order valence-electron chi connectivity index (χ4n) is 2.24. The minimum Gasteiger partial charge on any atom is -0.296 e. The first kappa shape index (κ1) is 14.9. The predicted molar refractivity (Wildman–Crippen MR) is 81.3 cm³/mol. The summed E-state index contributed by atoms with van der Waals surface area (Å²) in [5.41, 5.74) is 1.42. The standard InChI is InChI=1S/C15H21N3OS/c1-2-3-4-5-6-9-18-15(14(12-19)16-17-18)11-13-8-7-10-20-13/h7-8,10,12H,2-6,9,11H2,1H3. The summed E-state index contributed by atoms with van der Waals surface area (Å²) in [6.45, 7) is 3.07. The summed E-state index contributed by atoms with van der Waals surface area (Å²) >= 11 is 1.70. The zero-order chi connectivity index (χ0) is 14.2. The van der Waals surface area contributed by atoms with E-state index in [0.717, 1.165) is 31.4 Å². The van der Waals surface area contributed by atoms with E-state index in [1.807, 2.05) is 10.7 Å². The zero-order valence-electron chi connectivity index (χ0n) is 11.9.